The fraction of sp³-hybridized carbons (Fsp3) is 0.438. The van der Waals surface area contributed by atoms with Crippen LogP contribution in [-0.4, -0.2) is 40.8 Å². The highest BCUT2D eigenvalue weighted by molar-refractivity contribution is 5.62. The van der Waals surface area contributed by atoms with Crippen LogP contribution in [0.4, 0.5) is 30.6 Å². The van der Waals surface area contributed by atoms with E-state index in [0.717, 1.165) is 11.9 Å². The van der Waals surface area contributed by atoms with E-state index >= 15 is 0 Å². The lowest BCUT2D eigenvalue weighted by molar-refractivity contribution is -0.137. The minimum Gasteiger partial charge on any atom is -0.476 e. The standard InChI is InChI=1S/C16H16F3N5O2/c1-8-2-3-11-14(21-8)26-6-9-5-25-7-12(9)22-13-10(16(17,18)19)4-20-15(23-11)24-13/h2-4,9,12H,5-7H2,1H3,(H2,20,22,23,24)/t9-,12+/m0/s1. The maximum atomic E-state index is 13.3. The third-order valence-electron chi connectivity index (χ3n) is 4.29. The second-order valence-corrected chi connectivity index (χ2v) is 6.24. The highest BCUT2D eigenvalue weighted by Gasteiger charge is 2.38. The number of rotatable bonds is 0. The predicted molar refractivity (Wildman–Crippen MR) is 86.5 cm³/mol. The first-order valence-electron chi connectivity index (χ1n) is 8.06. The first-order valence-corrected chi connectivity index (χ1v) is 8.06. The maximum absolute atomic E-state index is 13.3. The zero-order chi connectivity index (χ0) is 18.3. The number of anilines is 3. The number of fused-ring (bicyclic) bond motifs is 4. The van der Waals surface area contributed by atoms with Crippen LogP contribution in [-0.2, 0) is 10.9 Å². The van der Waals surface area contributed by atoms with Gasteiger partial charge in [0.15, 0.2) is 0 Å². The van der Waals surface area contributed by atoms with Crippen LogP contribution >= 0.6 is 0 Å². The number of hydrogen-bond acceptors (Lipinski definition) is 7. The van der Waals surface area contributed by atoms with Crippen LogP contribution in [0.2, 0.25) is 0 Å². The summed E-state index contributed by atoms with van der Waals surface area (Å²) >= 11 is 0. The van der Waals surface area contributed by atoms with E-state index < -0.39 is 11.7 Å². The third-order valence-corrected chi connectivity index (χ3v) is 4.29. The number of halogens is 3. The van der Waals surface area contributed by atoms with Crippen molar-refractivity contribution in [3.8, 4) is 5.88 Å². The summed E-state index contributed by atoms with van der Waals surface area (Å²) in [7, 11) is 0. The normalized spacial score (nSPS) is 22.2. The summed E-state index contributed by atoms with van der Waals surface area (Å²) in [6, 6.07) is 3.14. The molecule has 2 atom stereocenters. The SMILES string of the molecule is Cc1ccc2c(n1)OC[C@@H]1COC[C@H]1Nc1nc(ncc1C(F)(F)F)N2. The Morgan fingerprint density at radius 1 is 1.15 bits per heavy atom. The van der Waals surface area contributed by atoms with Gasteiger partial charge in [-0.2, -0.15) is 18.2 Å². The second-order valence-electron chi connectivity index (χ2n) is 6.24. The molecule has 0 aromatic carbocycles. The summed E-state index contributed by atoms with van der Waals surface area (Å²) in [6.45, 7) is 2.73. The van der Waals surface area contributed by atoms with Gasteiger partial charge in [0.2, 0.25) is 11.8 Å². The van der Waals surface area contributed by atoms with E-state index in [-0.39, 0.29) is 36.9 Å². The third kappa shape index (κ3) is 3.24. The van der Waals surface area contributed by atoms with E-state index in [1.807, 2.05) is 6.92 Å². The quantitative estimate of drug-likeness (QED) is 0.741. The number of aromatic nitrogens is 3. The molecule has 26 heavy (non-hydrogen) atoms. The lowest BCUT2D eigenvalue weighted by atomic mass is 10.0. The van der Waals surface area contributed by atoms with Gasteiger partial charge in [0, 0.05) is 17.8 Å². The molecule has 4 rings (SSSR count). The largest absolute Gasteiger partial charge is 0.476 e. The van der Waals surface area contributed by atoms with Crippen LogP contribution in [0.1, 0.15) is 11.3 Å². The lowest BCUT2D eigenvalue weighted by Gasteiger charge is -2.21. The van der Waals surface area contributed by atoms with Crippen molar-refractivity contribution in [1.82, 2.24) is 15.0 Å². The first-order chi connectivity index (χ1) is 12.4. The molecular weight excluding hydrogens is 351 g/mol. The van der Waals surface area contributed by atoms with E-state index in [9.17, 15) is 13.2 Å². The van der Waals surface area contributed by atoms with Gasteiger partial charge >= 0.3 is 6.18 Å². The Morgan fingerprint density at radius 3 is 2.81 bits per heavy atom. The van der Waals surface area contributed by atoms with Crippen molar-refractivity contribution in [2.24, 2.45) is 5.92 Å². The average molecular weight is 367 g/mol. The number of nitrogens with zero attached hydrogens (tertiary/aromatic N) is 3. The van der Waals surface area contributed by atoms with Gasteiger partial charge in [0.25, 0.3) is 0 Å². The number of alkyl halides is 3. The summed E-state index contributed by atoms with van der Waals surface area (Å²) < 4.78 is 51.2. The number of aryl methyl sites for hydroxylation is 1. The molecule has 0 unspecified atom stereocenters. The zero-order valence-corrected chi connectivity index (χ0v) is 13.8. The summed E-state index contributed by atoms with van der Waals surface area (Å²) in [4.78, 5) is 12.2. The van der Waals surface area contributed by atoms with E-state index in [1.54, 1.807) is 12.1 Å². The van der Waals surface area contributed by atoms with Crippen molar-refractivity contribution in [2.45, 2.75) is 19.1 Å². The van der Waals surface area contributed by atoms with Crippen molar-refractivity contribution in [3.63, 3.8) is 0 Å². The molecule has 2 bridgehead atoms. The van der Waals surface area contributed by atoms with Crippen molar-refractivity contribution < 1.29 is 22.6 Å². The van der Waals surface area contributed by atoms with Crippen molar-refractivity contribution in [3.05, 3.63) is 29.6 Å². The van der Waals surface area contributed by atoms with Crippen LogP contribution in [0.15, 0.2) is 18.3 Å². The van der Waals surface area contributed by atoms with Crippen LogP contribution in [0, 0.1) is 12.8 Å². The molecule has 4 heterocycles. The highest BCUT2D eigenvalue weighted by Crippen LogP contribution is 2.36. The number of ether oxygens (including phenoxy) is 2. The molecule has 0 radical (unpaired) electrons. The van der Waals surface area contributed by atoms with Gasteiger partial charge < -0.3 is 20.1 Å². The fourth-order valence-corrected chi connectivity index (χ4v) is 2.90. The van der Waals surface area contributed by atoms with Crippen LogP contribution < -0.4 is 15.4 Å². The zero-order valence-electron chi connectivity index (χ0n) is 13.8. The molecule has 0 aliphatic carbocycles. The van der Waals surface area contributed by atoms with E-state index in [0.29, 0.717) is 18.2 Å². The van der Waals surface area contributed by atoms with E-state index in [1.165, 1.54) is 0 Å². The Morgan fingerprint density at radius 2 is 2.00 bits per heavy atom. The topological polar surface area (TPSA) is 81.2 Å². The van der Waals surface area contributed by atoms with Gasteiger partial charge in [-0.1, -0.05) is 0 Å². The van der Waals surface area contributed by atoms with E-state index in [2.05, 4.69) is 25.6 Å². The Hall–Kier alpha value is -2.62. The van der Waals surface area contributed by atoms with Crippen LogP contribution in [0.5, 0.6) is 5.88 Å². The van der Waals surface area contributed by atoms with Crippen LogP contribution in [0.3, 0.4) is 0 Å². The van der Waals surface area contributed by atoms with Gasteiger partial charge in [-0.25, -0.2) is 9.97 Å². The predicted octanol–water partition coefficient (Wildman–Crippen LogP) is 2.76. The molecule has 138 valence electrons. The number of pyridine rings is 1. The summed E-state index contributed by atoms with van der Waals surface area (Å²) in [5, 5.41) is 5.74. The molecule has 0 spiro atoms. The Kier molecular flexibility index (Phi) is 4.06. The molecule has 2 aromatic heterocycles. The van der Waals surface area contributed by atoms with Gasteiger partial charge in [-0.15, -0.1) is 0 Å². The molecule has 1 saturated heterocycles. The van der Waals surface area contributed by atoms with Crippen molar-refractivity contribution in [2.75, 3.05) is 30.5 Å². The summed E-state index contributed by atoms with van der Waals surface area (Å²) in [6.07, 6.45) is -3.80. The van der Waals surface area contributed by atoms with Gasteiger partial charge in [0.1, 0.15) is 17.1 Å². The maximum Gasteiger partial charge on any atom is 0.421 e. The molecule has 2 aromatic rings. The molecule has 1 fully saturated rings. The molecule has 2 N–H and O–H groups in total. The van der Waals surface area contributed by atoms with Crippen molar-refractivity contribution in [1.29, 1.82) is 0 Å². The minimum absolute atomic E-state index is 0.0216. The first kappa shape index (κ1) is 16.8. The lowest BCUT2D eigenvalue weighted by Crippen LogP contribution is -2.33. The van der Waals surface area contributed by atoms with Gasteiger partial charge in [-0.3, -0.25) is 0 Å². The van der Waals surface area contributed by atoms with Gasteiger partial charge in [-0.05, 0) is 19.1 Å². The fourth-order valence-electron chi connectivity index (χ4n) is 2.90. The molecule has 2 aliphatic rings. The second kappa shape index (κ2) is 6.27. The summed E-state index contributed by atoms with van der Waals surface area (Å²) in [5.41, 5.74) is 0.321. The summed E-state index contributed by atoms with van der Waals surface area (Å²) in [5.74, 6) is -0.0438. The monoisotopic (exact) mass is 367 g/mol. The number of nitrogens with one attached hydrogen (secondary N) is 2. The Bertz CT molecular complexity index is 830. The molecular formula is C16H16F3N5O2. The molecule has 7 nitrogen and oxygen atoms in total. The smallest absolute Gasteiger partial charge is 0.421 e. The Balaban J connectivity index is 1.80. The highest BCUT2D eigenvalue weighted by atomic mass is 19.4. The minimum atomic E-state index is -4.57. The molecule has 0 saturated carbocycles. The molecule has 0 amide bonds. The molecule has 10 heteroatoms. The van der Waals surface area contributed by atoms with E-state index in [4.69, 9.17) is 9.47 Å². The average Bonchev–Trinajstić information content (AvgIpc) is 3.00. The Labute approximate surface area is 147 Å². The molecule has 2 aliphatic heterocycles. The van der Waals surface area contributed by atoms with Crippen LogP contribution in [0.25, 0.3) is 0 Å². The van der Waals surface area contributed by atoms with Gasteiger partial charge in [0.05, 0.1) is 25.9 Å². The van der Waals surface area contributed by atoms with Crippen molar-refractivity contribution >= 4 is 17.5 Å². The number of hydrogen-bond donors (Lipinski definition) is 2.